The first-order chi connectivity index (χ1) is 12.3. The monoisotopic (exact) mass is 360 g/mol. The van der Waals surface area contributed by atoms with Gasteiger partial charge in [0.15, 0.2) is 0 Å². The van der Waals surface area contributed by atoms with Crippen LogP contribution < -0.4 is 5.69 Å². The maximum absolute atomic E-state index is 13.0. The number of hydrogen-bond acceptors (Lipinski definition) is 6. The summed E-state index contributed by atoms with van der Waals surface area (Å²) >= 11 is 0. The second-order valence-electron chi connectivity index (χ2n) is 7.64. The SMILES string of the molecule is Cc1nn(CC(=O)N2CC[C@@H]3CC[C@@]32c2nnc(C(C)C)o2)c(=O)n1C. The van der Waals surface area contributed by atoms with Gasteiger partial charge in [-0.25, -0.2) is 9.48 Å². The quantitative estimate of drug-likeness (QED) is 0.804. The van der Waals surface area contributed by atoms with Crippen molar-refractivity contribution in [2.75, 3.05) is 6.54 Å². The number of carbonyl (C=O) groups excluding carboxylic acids is 1. The van der Waals surface area contributed by atoms with E-state index in [4.69, 9.17) is 4.42 Å². The van der Waals surface area contributed by atoms with Crippen LogP contribution in [0.1, 0.15) is 56.6 Å². The van der Waals surface area contributed by atoms with Crippen LogP contribution in [0.5, 0.6) is 0 Å². The van der Waals surface area contributed by atoms with Crippen LogP contribution in [0.15, 0.2) is 9.21 Å². The molecule has 140 valence electrons. The maximum Gasteiger partial charge on any atom is 0.346 e. The number of rotatable bonds is 4. The van der Waals surface area contributed by atoms with Crippen molar-refractivity contribution in [3.8, 4) is 0 Å². The number of likely N-dealkylation sites (tertiary alicyclic amines) is 1. The Morgan fingerprint density at radius 2 is 2.12 bits per heavy atom. The van der Waals surface area contributed by atoms with E-state index >= 15 is 0 Å². The number of amides is 1. The van der Waals surface area contributed by atoms with E-state index in [0.29, 0.717) is 30.1 Å². The Bertz CT molecular complexity index is 910. The molecule has 0 unspecified atom stereocenters. The van der Waals surface area contributed by atoms with E-state index in [-0.39, 0.29) is 24.1 Å². The molecule has 1 aliphatic heterocycles. The van der Waals surface area contributed by atoms with Crippen LogP contribution in [-0.2, 0) is 23.9 Å². The van der Waals surface area contributed by atoms with Gasteiger partial charge >= 0.3 is 5.69 Å². The molecule has 9 heteroatoms. The molecule has 2 fully saturated rings. The van der Waals surface area contributed by atoms with Crippen LogP contribution in [0.3, 0.4) is 0 Å². The molecule has 2 aliphatic rings. The van der Waals surface area contributed by atoms with E-state index in [1.54, 1.807) is 14.0 Å². The van der Waals surface area contributed by atoms with E-state index in [1.807, 2.05) is 18.7 Å². The summed E-state index contributed by atoms with van der Waals surface area (Å²) in [5.74, 6) is 2.07. The molecule has 1 amide bonds. The highest BCUT2D eigenvalue weighted by molar-refractivity contribution is 5.77. The van der Waals surface area contributed by atoms with Gasteiger partial charge in [-0.15, -0.1) is 10.2 Å². The van der Waals surface area contributed by atoms with Crippen LogP contribution in [0.4, 0.5) is 0 Å². The number of aryl methyl sites for hydroxylation is 1. The van der Waals surface area contributed by atoms with Gasteiger partial charge in [0.05, 0.1) is 0 Å². The Hall–Kier alpha value is -2.45. The largest absolute Gasteiger partial charge is 0.422 e. The molecule has 2 aromatic heterocycles. The number of hydrogen-bond donors (Lipinski definition) is 0. The molecule has 1 saturated carbocycles. The topological polar surface area (TPSA) is 99.1 Å². The molecule has 3 heterocycles. The average molecular weight is 360 g/mol. The number of nitrogens with zero attached hydrogens (tertiary/aromatic N) is 6. The minimum atomic E-state index is -0.509. The minimum absolute atomic E-state index is 0.0693. The van der Waals surface area contributed by atoms with Crippen molar-refractivity contribution in [3.05, 3.63) is 28.1 Å². The summed E-state index contributed by atoms with van der Waals surface area (Å²) in [6.45, 7) is 6.32. The summed E-state index contributed by atoms with van der Waals surface area (Å²) in [5, 5.41) is 12.6. The lowest BCUT2D eigenvalue weighted by molar-refractivity contribution is -0.143. The van der Waals surface area contributed by atoms with E-state index in [9.17, 15) is 9.59 Å². The van der Waals surface area contributed by atoms with Crippen molar-refractivity contribution in [2.24, 2.45) is 13.0 Å². The Balaban J connectivity index is 1.63. The third kappa shape index (κ3) is 2.25. The maximum atomic E-state index is 13.0. The number of fused-ring (bicyclic) bond motifs is 1. The van der Waals surface area contributed by atoms with Gasteiger partial charge in [0.2, 0.25) is 17.7 Å². The minimum Gasteiger partial charge on any atom is -0.422 e. The highest BCUT2D eigenvalue weighted by Crippen LogP contribution is 2.56. The molecule has 0 N–H and O–H groups in total. The average Bonchev–Trinajstić information content (AvgIpc) is 3.22. The zero-order valence-corrected chi connectivity index (χ0v) is 15.6. The molecule has 2 aromatic rings. The third-order valence-electron chi connectivity index (χ3n) is 5.88. The lowest BCUT2D eigenvalue weighted by atomic mass is 9.67. The van der Waals surface area contributed by atoms with Gasteiger partial charge in [0, 0.05) is 19.5 Å². The fourth-order valence-electron chi connectivity index (χ4n) is 4.14. The van der Waals surface area contributed by atoms with Gasteiger partial charge in [-0.05, 0) is 32.1 Å². The van der Waals surface area contributed by atoms with Crippen molar-refractivity contribution >= 4 is 5.91 Å². The van der Waals surface area contributed by atoms with Gasteiger partial charge in [0.25, 0.3) is 0 Å². The molecule has 1 saturated heterocycles. The standard InChI is InChI=1S/C17H24N6O3/c1-10(2)14-18-19-15(26-14)17-7-5-12(17)6-8-22(17)13(24)9-23-16(25)21(4)11(3)20-23/h10,12H,5-9H2,1-4H3/t12-,17-/m0/s1. The highest BCUT2D eigenvalue weighted by atomic mass is 16.4. The van der Waals surface area contributed by atoms with Crippen LogP contribution >= 0.6 is 0 Å². The molecular weight excluding hydrogens is 336 g/mol. The zero-order chi connectivity index (χ0) is 18.6. The molecule has 4 rings (SSSR count). The first-order valence-electron chi connectivity index (χ1n) is 9.09. The second kappa shape index (κ2) is 5.78. The van der Waals surface area contributed by atoms with Crippen LogP contribution in [0.2, 0.25) is 0 Å². The predicted octanol–water partition coefficient (Wildman–Crippen LogP) is 0.934. The molecule has 0 aromatic carbocycles. The van der Waals surface area contributed by atoms with Gasteiger partial charge in [-0.2, -0.15) is 5.10 Å². The Labute approximate surface area is 151 Å². The van der Waals surface area contributed by atoms with E-state index in [0.717, 1.165) is 19.3 Å². The molecule has 0 spiro atoms. The molecule has 0 bridgehead atoms. The summed E-state index contributed by atoms with van der Waals surface area (Å²) in [5.41, 5.74) is -0.792. The zero-order valence-electron chi connectivity index (χ0n) is 15.6. The smallest absolute Gasteiger partial charge is 0.346 e. The van der Waals surface area contributed by atoms with Gasteiger partial charge in [-0.3, -0.25) is 9.36 Å². The lowest BCUT2D eigenvalue weighted by Crippen LogP contribution is -2.55. The second-order valence-corrected chi connectivity index (χ2v) is 7.64. The first kappa shape index (κ1) is 17.0. The molecular formula is C17H24N6O3. The van der Waals surface area contributed by atoms with Crippen LogP contribution in [-0.4, -0.2) is 41.9 Å². The fourth-order valence-corrected chi connectivity index (χ4v) is 4.14. The van der Waals surface area contributed by atoms with Crippen LogP contribution in [0.25, 0.3) is 0 Å². The van der Waals surface area contributed by atoms with Crippen molar-refractivity contribution < 1.29 is 9.21 Å². The first-order valence-corrected chi connectivity index (χ1v) is 9.09. The summed E-state index contributed by atoms with van der Waals surface area (Å²) in [4.78, 5) is 27.0. The van der Waals surface area contributed by atoms with E-state index < -0.39 is 5.54 Å². The normalized spacial score (nSPS) is 24.8. The summed E-state index contributed by atoms with van der Waals surface area (Å²) in [7, 11) is 1.65. The van der Waals surface area contributed by atoms with Gasteiger partial charge < -0.3 is 9.32 Å². The molecule has 0 radical (unpaired) electrons. The molecule has 26 heavy (non-hydrogen) atoms. The summed E-state index contributed by atoms with van der Waals surface area (Å²) in [6.07, 6.45) is 2.78. The number of carbonyl (C=O) groups is 1. The van der Waals surface area contributed by atoms with Crippen LogP contribution in [0, 0.1) is 12.8 Å². The third-order valence-corrected chi connectivity index (χ3v) is 5.88. The Morgan fingerprint density at radius 3 is 2.65 bits per heavy atom. The molecule has 1 aliphatic carbocycles. The van der Waals surface area contributed by atoms with Crippen molar-refractivity contribution in [1.29, 1.82) is 0 Å². The fraction of sp³-hybridized carbons (Fsp3) is 0.706. The lowest BCUT2D eigenvalue weighted by Gasteiger charge is -2.47. The summed E-state index contributed by atoms with van der Waals surface area (Å²) < 4.78 is 8.59. The predicted molar refractivity (Wildman–Crippen MR) is 91.3 cm³/mol. The Morgan fingerprint density at radius 1 is 1.35 bits per heavy atom. The van der Waals surface area contributed by atoms with Crippen molar-refractivity contribution in [2.45, 2.75) is 58.0 Å². The van der Waals surface area contributed by atoms with Gasteiger partial charge in [-0.1, -0.05) is 13.8 Å². The van der Waals surface area contributed by atoms with Gasteiger partial charge in [0.1, 0.15) is 17.9 Å². The summed E-state index contributed by atoms with van der Waals surface area (Å²) in [6, 6.07) is 0. The number of aromatic nitrogens is 5. The van der Waals surface area contributed by atoms with E-state index in [1.165, 1.54) is 9.25 Å². The molecule has 2 atom stereocenters. The van der Waals surface area contributed by atoms with E-state index in [2.05, 4.69) is 15.3 Å². The van der Waals surface area contributed by atoms with Crippen molar-refractivity contribution in [3.63, 3.8) is 0 Å². The Kier molecular flexibility index (Phi) is 3.78. The molecule has 9 nitrogen and oxygen atoms in total. The highest BCUT2D eigenvalue weighted by Gasteiger charge is 2.61. The van der Waals surface area contributed by atoms with Crippen molar-refractivity contribution in [1.82, 2.24) is 29.4 Å².